The van der Waals surface area contributed by atoms with E-state index in [9.17, 15) is 38.4 Å². The van der Waals surface area contributed by atoms with Crippen LogP contribution in [0.1, 0.15) is 85.5 Å². The van der Waals surface area contributed by atoms with Crippen molar-refractivity contribution in [3.8, 4) is 0 Å². The molecule has 1 unspecified atom stereocenters. The molecule has 0 aliphatic carbocycles. The predicted molar refractivity (Wildman–Crippen MR) is 233 cm³/mol. The highest BCUT2D eigenvalue weighted by atomic mass is 32.2. The first kappa shape index (κ1) is 57.3. The summed E-state index contributed by atoms with van der Waals surface area (Å²) in [6.45, 7) is 11.3. The Morgan fingerprint density at radius 1 is 0.492 bits per heavy atom. The van der Waals surface area contributed by atoms with Gasteiger partial charge in [0.25, 0.3) is 0 Å². The van der Waals surface area contributed by atoms with Crippen LogP contribution in [0, 0.1) is 0 Å². The van der Waals surface area contributed by atoms with Gasteiger partial charge in [-0.1, -0.05) is 27.7 Å². The van der Waals surface area contributed by atoms with E-state index in [2.05, 4.69) is 31.9 Å². The molecule has 9 N–H and O–H groups in total. The molecule has 0 saturated heterocycles. The number of ether oxygens (including phenoxy) is 4. The first-order chi connectivity index (χ1) is 29.1. The molecule has 0 aromatic heterocycles. The molecule has 2 atom stereocenters. The molecule has 0 aromatic rings. The molecule has 22 heteroatoms. The number of rotatable bonds is 40. The molecular weight excluding hydrogens is 839 g/mol. The van der Waals surface area contributed by atoms with Crippen LogP contribution in [0.2, 0.25) is 0 Å². The summed E-state index contributed by atoms with van der Waals surface area (Å²) in [4.78, 5) is 95.2. The molecule has 0 spiro atoms. The summed E-state index contributed by atoms with van der Waals surface area (Å²) in [5, 5.41) is 25.6. The number of nitrogens with one attached hydrogen (secondary N) is 6. The van der Waals surface area contributed by atoms with Crippen LogP contribution in [-0.4, -0.2) is 166 Å². The first-order valence-electron chi connectivity index (χ1n) is 20.8. The topological polar surface area (TPSA) is 292 Å². The molecule has 0 aromatic carbocycles. The summed E-state index contributed by atoms with van der Waals surface area (Å²) in [5.41, 5.74) is 5.31. The monoisotopic (exact) mass is 909 g/mol. The van der Waals surface area contributed by atoms with Gasteiger partial charge in [-0.3, -0.25) is 38.4 Å². The van der Waals surface area contributed by atoms with Gasteiger partial charge in [0, 0.05) is 45.4 Å². The Morgan fingerprint density at radius 3 is 1.49 bits per heavy atom. The molecule has 0 fully saturated rings. The Bertz CT molecular complexity index is 1300. The van der Waals surface area contributed by atoms with E-state index in [4.69, 9.17) is 29.8 Å². The average molecular weight is 910 g/mol. The van der Waals surface area contributed by atoms with Gasteiger partial charge < -0.3 is 61.7 Å². The maximum Gasteiger partial charge on any atom is 0.303 e. The van der Waals surface area contributed by atoms with Crippen molar-refractivity contribution in [2.24, 2.45) is 5.73 Å². The minimum atomic E-state index is -1.12. The summed E-state index contributed by atoms with van der Waals surface area (Å²) in [7, 11) is 0. The maximum atomic E-state index is 12.9. The number of carbonyl (C=O) groups is 8. The van der Waals surface area contributed by atoms with Gasteiger partial charge in [-0.2, -0.15) is 0 Å². The second-order valence-electron chi connectivity index (χ2n) is 14.2. The number of unbranched alkanes of at least 4 members (excludes halogenated alkanes) is 1. The van der Waals surface area contributed by atoms with Crippen molar-refractivity contribution in [2.45, 2.75) is 108 Å². The van der Waals surface area contributed by atoms with E-state index < -0.39 is 29.9 Å². The van der Waals surface area contributed by atoms with Crippen LogP contribution in [0.15, 0.2) is 0 Å². The van der Waals surface area contributed by atoms with Gasteiger partial charge in [-0.05, 0) is 42.6 Å². The fourth-order valence-electron chi connectivity index (χ4n) is 4.83. The summed E-state index contributed by atoms with van der Waals surface area (Å²) >= 11 is 3.04. The van der Waals surface area contributed by atoms with E-state index in [0.29, 0.717) is 56.3 Å². The summed E-state index contributed by atoms with van der Waals surface area (Å²) in [6.07, 6.45) is 1.94. The molecule has 0 saturated carbocycles. The second kappa shape index (κ2) is 38.0. The van der Waals surface area contributed by atoms with E-state index in [0.717, 1.165) is 0 Å². The number of hydrogen-bond acceptors (Lipinski definition) is 14. The van der Waals surface area contributed by atoms with Crippen LogP contribution >= 0.6 is 23.5 Å². The SMILES string of the molecule is CC(C)SCC(=O)NCCCC(NC(=O)CSC(C)C)C(=O)NCCOCCOCCC(=O)NCCOCCOCCC(=O)NCCCC[C@H](NC(=O)CCC(=O)O)C(N)=O. The highest BCUT2D eigenvalue weighted by Gasteiger charge is 2.21. The molecular formula is C39H71N7O13S2. The number of amides is 7. The van der Waals surface area contributed by atoms with Crippen LogP contribution in [0.4, 0.5) is 0 Å². The number of carboxylic acid groups (broad SMARTS) is 1. The van der Waals surface area contributed by atoms with Crippen LogP contribution in [0.3, 0.4) is 0 Å². The molecule has 352 valence electrons. The molecule has 61 heavy (non-hydrogen) atoms. The third kappa shape index (κ3) is 37.8. The lowest BCUT2D eigenvalue weighted by Gasteiger charge is -2.19. The lowest BCUT2D eigenvalue weighted by molar-refractivity contribution is -0.139. The minimum Gasteiger partial charge on any atom is -0.481 e. The van der Waals surface area contributed by atoms with Crippen molar-refractivity contribution < 1.29 is 62.4 Å². The Balaban J connectivity index is 3.91. The predicted octanol–water partition coefficient (Wildman–Crippen LogP) is -0.149. The van der Waals surface area contributed by atoms with Gasteiger partial charge in [-0.25, -0.2) is 0 Å². The largest absolute Gasteiger partial charge is 0.481 e. The number of carboxylic acids is 1. The van der Waals surface area contributed by atoms with E-state index >= 15 is 0 Å². The Hall–Kier alpha value is -3.70. The van der Waals surface area contributed by atoms with Crippen molar-refractivity contribution in [3.63, 3.8) is 0 Å². The van der Waals surface area contributed by atoms with Crippen molar-refractivity contribution in [1.29, 1.82) is 0 Å². The van der Waals surface area contributed by atoms with Crippen LogP contribution in [0.5, 0.6) is 0 Å². The highest BCUT2D eigenvalue weighted by Crippen LogP contribution is 2.09. The van der Waals surface area contributed by atoms with Crippen molar-refractivity contribution in [2.75, 3.05) is 90.5 Å². The number of hydrogen-bond donors (Lipinski definition) is 8. The van der Waals surface area contributed by atoms with E-state index in [1.165, 1.54) is 11.8 Å². The van der Waals surface area contributed by atoms with Crippen LogP contribution < -0.4 is 37.6 Å². The third-order valence-electron chi connectivity index (χ3n) is 8.03. The quantitative estimate of drug-likeness (QED) is 0.0371. The average Bonchev–Trinajstić information content (AvgIpc) is 3.20. The van der Waals surface area contributed by atoms with Gasteiger partial charge in [0.1, 0.15) is 12.1 Å². The minimum absolute atomic E-state index is 0.0591. The number of thioether (sulfide) groups is 2. The number of aliphatic carboxylic acids is 1. The molecule has 0 rings (SSSR count). The maximum absolute atomic E-state index is 12.9. The van der Waals surface area contributed by atoms with Gasteiger partial charge in [0.2, 0.25) is 41.4 Å². The van der Waals surface area contributed by atoms with Crippen molar-refractivity contribution in [3.05, 3.63) is 0 Å². The number of primary amides is 1. The van der Waals surface area contributed by atoms with Gasteiger partial charge in [0.05, 0.1) is 70.8 Å². The fourth-order valence-corrected chi connectivity index (χ4v) is 5.99. The Morgan fingerprint density at radius 2 is 0.951 bits per heavy atom. The summed E-state index contributed by atoms with van der Waals surface area (Å²) < 4.78 is 21.8. The molecule has 7 amide bonds. The van der Waals surface area contributed by atoms with E-state index in [1.54, 1.807) is 11.8 Å². The van der Waals surface area contributed by atoms with Gasteiger partial charge in [0.15, 0.2) is 0 Å². The molecule has 0 aliphatic rings. The van der Waals surface area contributed by atoms with Crippen molar-refractivity contribution >= 4 is 70.8 Å². The Kier molecular flexibility index (Phi) is 35.7. The smallest absolute Gasteiger partial charge is 0.303 e. The van der Waals surface area contributed by atoms with E-state index in [1.807, 2.05) is 27.7 Å². The molecule has 0 bridgehead atoms. The third-order valence-corrected chi connectivity index (χ3v) is 10.2. The molecule has 0 radical (unpaired) electrons. The summed E-state index contributed by atoms with van der Waals surface area (Å²) in [5.74, 6) is -2.78. The fraction of sp³-hybridized carbons (Fsp3) is 0.795. The standard InChI is InChI=1S/C39H71N7O13S2/c1-28(2)60-26-35(50)42-15-7-9-31(46-36(51)27-61-29(3)4)39(55)44-17-21-59-25-23-57-19-13-33(48)43-16-20-58-24-22-56-18-12-32(47)41-14-6-5-8-30(38(40)54)45-34(49)10-11-37(52)53/h28-31H,5-27H2,1-4H3,(H2,40,54)(H,41,47)(H,42,50)(H,43,48)(H,44,55)(H,45,49)(H,46,51)(H,52,53)/t30-,31?/m0/s1. The number of carbonyl (C=O) groups excluding carboxylic acids is 7. The number of nitrogens with two attached hydrogens (primary N) is 1. The first-order valence-corrected chi connectivity index (χ1v) is 22.9. The van der Waals surface area contributed by atoms with Crippen LogP contribution in [0.25, 0.3) is 0 Å². The highest BCUT2D eigenvalue weighted by molar-refractivity contribution is 8.00. The van der Waals surface area contributed by atoms with E-state index in [-0.39, 0.29) is 132 Å². The molecule has 0 heterocycles. The zero-order chi connectivity index (χ0) is 45.7. The summed E-state index contributed by atoms with van der Waals surface area (Å²) in [6, 6.07) is -1.64. The molecule has 20 nitrogen and oxygen atoms in total. The molecule has 0 aliphatic heterocycles. The van der Waals surface area contributed by atoms with Crippen LogP contribution in [-0.2, 0) is 57.3 Å². The Labute approximate surface area is 368 Å². The lowest BCUT2D eigenvalue weighted by atomic mass is 10.1. The van der Waals surface area contributed by atoms with Crippen molar-refractivity contribution in [1.82, 2.24) is 31.9 Å². The second-order valence-corrected chi connectivity index (χ2v) is 17.3. The van der Waals surface area contributed by atoms with Gasteiger partial charge in [-0.15, -0.1) is 23.5 Å². The zero-order valence-corrected chi connectivity index (χ0v) is 37.9. The zero-order valence-electron chi connectivity index (χ0n) is 36.3. The lowest BCUT2D eigenvalue weighted by Crippen LogP contribution is -2.48. The normalized spacial score (nSPS) is 12.0. The van der Waals surface area contributed by atoms with Gasteiger partial charge >= 0.3 is 5.97 Å².